The molecule has 3 rings (SSSR count). The van der Waals surface area contributed by atoms with E-state index in [4.69, 9.17) is 9.84 Å². The van der Waals surface area contributed by atoms with Crippen LogP contribution >= 0.6 is 0 Å². The fourth-order valence-electron chi connectivity index (χ4n) is 3.77. The summed E-state index contributed by atoms with van der Waals surface area (Å²) in [5.74, 6) is -1.41. The molecule has 0 spiro atoms. The molecular weight excluding hydrogens is 448 g/mol. The zero-order valence-electron chi connectivity index (χ0n) is 19.7. The van der Waals surface area contributed by atoms with Gasteiger partial charge in [-0.25, -0.2) is 0 Å². The lowest BCUT2D eigenvalue weighted by Gasteiger charge is -2.18. The van der Waals surface area contributed by atoms with Crippen molar-refractivity contribution in [2.45, 2.75) is 32.2 Å². The van der Waals surface area contributed by atoms with E-state index >= 15 is 0 Å². The molecule has 3 aromatic rings. The first-order chi connectivity index (χ1) is 16.8. The van der Waals surface area contributed by atoms with Crippen LogP contribution in [0.25, 0.3) is 10.9 Å². The minimum Gasteiger partial charge on any atom is -0.481 e. The molecule has 2 aromatic carbocycles. The van der Waals surface area contributed by atoms with Gasteiger partial charge in [-0.05, 0) is 61.0 Å². The molecule has 0 saturated heterocycles. The number of anilines is 1. The van der Waals surface area contributed by atoms with Crippen molar-refractivity contribution < 1.29 is 24.2 Å². The lowest BCUT2D eigenvalue weighted by Crippen LogP contribution is -2.27. The monoisotopic (exact) mass is 476 g/mol. The lowest BCUT2D eigenvalue weighted by atomic mass is 10.0. The average molecular weight is 477 g/mol. The third kappa shape index (κ3) is 6.46. The topological polar surface area (TPSA) is 133 Å². The number of amides is 2. The Kier molecular flexibility index (Phi) is 8.59. The number of nitrogens with one attached hydrogen (secondary N) is 2. The molecule has 0 saturated carbocycles. The Bertz CT molecular complexity index is 1270. The minimum atomic E-state index is -0.885. The molecule has 9 heteroatoms. The highest BCUT2D eigenvalue weighted by molar-refractivity contribution is 5.99. The Balaban J connectivity index is 1.81. The maximum absolute atomic E-state index is 13.2. The van der Waals surface area contributed by atoms with Gasteiger partial charge in [0.05, 0.1) is 18.2 Å². The molecule has 0 aliphatic carbocycles. The summed E-state index contributed by atoms with van der Waals surface area (Å²) >= 11 is 0. The first-order valence-corrected chi connectivity index (χ1v) is 11.3. The average Bonchev–Trinajstić information content (AvgIpc) is 3.27. The molecule has 182 valence electrons. The molecule has 0 bridgehead atoms. The third-order valence-corrected chi connectivity index (χ3v) is 5.71. The normalized spacial score (nSPS) is 11.6. The van der Waals surface area contributed by atoms with Gasteiger partial charge in [0.25, 0.3) is 5.91 Å². The number of carboxylic acid groups (broad SMARTS) is 1. The van der Waals surface area contributed by atoms with Crippen LogP contribution in [0.15, 0.2) is 48.7 Å². The molecule has 9 nitrogen and oxygen atoms in total. The van der Waals surface area contributed by atoms with Gasteiger partial charge in [0, 0.05) is 43.0 Å². The van der Waals surface area contributed by atoms with E-state index in [1.807, 2.05) is 12.1 Å². The molecule has 0 aliphatic rings. The molecule has 1 unspecified atom stereocenters. The van der Waals surface area contributed by atoms with Crippen LogP contribution < -0.4 is 10.6 Å². The number of carbonyl (C=O) groups excluding carboxylic acids is 2. The summed E-state index contributed by atoms with van der Waals surface area (Å²) in [7, 11) is 1.56. The Labute approximate surface area is 203 Å². The van der Waals surface area contributed by atoms with Crippen molar-refractivity contribution in [3.05, 3.63) is 65.4 Å². The second-order valence-electron chi connectivity index (χ2n) is 8.14. The summed E-state index contributed by atoms with van der Waals surface area (Å²) in [4.78, 5) is 36.5. The number of hydrogen-bond acceptors (Lipinski definition) is 5. The number of carboxylic acids is 1. The van der Waals surface area contributed by atoms with Gasteiger partial charge in [0.15, 0.2) is 0 Å². The summed E-state index contributed by atoms with van der Waals surface area (Å²) in [5.41, 5.74) is 2.85. The van der Waals surface area contributed by atoms with E-state index in [1.165, 1.54) is 0 Å². The van der Waals surface area contributed by atoms with E-state index in [0.717, 1.165) is 16.5 Å². The minimum absolute atomic E-state index is 0.0144. The SMILES string of the molecule is COCCNC(=O)c1ccc2ccn(C(C)C(=O)Nc3cc(C#N)ccc3CCCC(=O)O)c2c1. The number of aromatic nitrogens is 1. The Morgan fingerprint density at radius 2 is 1.97 bits per heavy atom. The fraction of sp³-hybridized carbons (Fsp3) is 0.308. The number of nitrogens with zero attached hydrogens (tertiary/aromatic N) is 2. The van der Waals surface area contributed by atoms with Gasteiger partial charge in [0.1, 0.15) is 6.04 Å². The van der Waals surface area contributed by atoms with Crippen molar-refractivity contribution in [3.63, 3.8) is 0 Å². The van der Waals surface area contributed by atoms with Crippen molar-refractivity contribution in [1.82, 2.24) is 9.88 Å². The van der Waals surface area contributed by atoms with Gasteiger partial charge in [0.2, 0.25) is 5.91 Å². The number of benzene rings is 2. The zero-order chi connectivity index (χ0) is 25.4. The molecule has 0 aliphatic heterocycles. The van der Waals surface area contributed by atoms with E-state index in [1.54, 1.807) is 55.1 Å². The summed E-state index contributed by atoms with van der Waals surface area (Å²) in [6.07, 6.45) is 2.68. The van der Waals surface area contributed by atoms with Crippen LogP contribution in [0.1, 0.15) is 47.3 Å². The van der Waals surface area contributed by atoms with Crippen molar-refractivity contribution >= 4 is 34.4 Å². The number of methoxy groups -OCH3 is 1. The van der Waals surface area contributed by atoms with Crippen LogP contribution in [0, 0.1) is 11.3 Å². The van der Waals surface area contributed by atoms with Crippen LogP contribution in [0.4, 0.5) is 5.69 Å². The van der Waals surface area contributed by atoms with Crippen LogP contribution in [-0.4, -0.2) is 47.7 Å². The van der Waals surface area contributed by atoms with Gasteiger partial charge < -0.3 is 25.0 Å². The number of aryl methyl sites for hydroxylation is 1. The number of fused-ring (bicyclic) bond motifs is 1. The standard InChI is InChI=1S/C26H28N4O5/c1-17(25(33)29-22-14-18(16-27)6-7-19(22)4-3-5-24(31)32)30-12-10-20-8-9-21(15-23(20)30)26(34)28-11-13-35-2/h6-10,12,14-15,17H,3-5,11,13H2,1-2H3,(H,28,34)(H,29,33)(H,31,32). The zero-order valence-corrected chi connectivity index (χ0v) is 19.7. The summed E-state index contributed by atoms with van der Waals surface area (Å²) in [6, 6.07) is 13.6. The number of ether oxygens (including phenoxy) is 1. The quantitative estimate of drug-likeness (QED) is 0.363. The fourth-order valence-corrected chi connectivity index (χ4v) is 3.77. The van der Waals surface area contributed by atoms with Crippen LogP contribution in [-0.2, 0) is 20.7 Å². The van der Waals surface area contributed by atoms with E-state index in [0.29, 0.717) is 42.8 Å². The molecule has 3 N–H and O–H groups in total. The lowest BCUT2D eigenvalue weighted by molar-refractivity contribution is -0.137. The maximum atomic E-state index is 13.2. The number of nitriles is 1. The largest absolute Gasteiger partial charge is 0.481 e. The maximum Gasteiger partial charge on any atom is 0.303 e. The number of rotatable bonds is 11. The first-order valence-electron chi connectivity index (χ1n) is 11.3. The van der Waals surface area contributed by atoms with Gasteiger partial charge in [-0.2, -0.15) is 5.26 Å². The summed E-state index contributed by atoms with van der Waals surface area (Å²) in [6.45, 7) is 2.55. The highest BCUT2D eigenvalue weighted by atomic mass is 16.5. The van der Waals surface area contributed by atoms with Crippen molar-refractivity contribution in [1.29, 1.82) is 5.26 Å². The molecule has 1 atom stereocenters. The Morgan fingerprint density at radius 3 is 2.69 bits per heavy atom. The highest BCUT2D eigenvalue weighted by Gasteiger charge is 2.19. The highest BCUT2D eigenvalue weighted by Crippen LogP contribution is 2.25. The van der Waals surface area contributed by atoms with Gasteiger partial charge >= 0.3 is 5.97 Å². The second kappa shape index (κ2) is 11.8. The van der Waals surface area contributed by atoms with Crippen molar-refractivity contribution in [3.8, 4) is 6.07 Å². The smallest absolute Gasteiger partial charge is 0.303 e. The van der Waals surface area contributed by atoms with Crippen molar-refractivity contribution in [2.75, 3.05) is 25.6 Å². The van der Waals surface area contributed by atoms with Gasteiger partial charge in [-0.15, -0.1) is 0 Å². The molecule has 1 aromatic heterocycles. The molecule has 2 amide bonds. The third-order valence-electron chi connectivity index (χ3n) is 5.71. The number of carbonyl (C=O) groups is 3. The van der Waals surface area contributed by atoms with Crippen LogP contribution in [0.2, 0.25) is 0 Å². The first kappa shape index (κ1) is 25.5. The molecule has 35 heavy (non-hydrogen) atoms. The van der Waals surface area contributed by atoms with Crippen LogP contribution in [0.5, 0.6) is 0 Å². The second-order valence-corrected chi connectivity index (χ2v) is 8.14. The summed E-state index contributed by atoms with van der Waals surface area (Å²) < 4.78 is 6.75. The van der Waals surface area contributed by atoms with E-state index in [2.05, 4.69) is 16.7 Å². The van der Waals surface area contributed by atoms with Gasteiger partial charge in [-0.1, -0.05) is 12.1 Å². The molecule has 0 fully saturated rings. The molecular formula is C26H28N4O5. The van der Waals surface area contributed by atoms with E-state index < -0.39 is 12.0 Å². The number of aliphatic carboxylic acids is 1. The Morgan fingerprint density at radius 1 is 1.17 bits per heavy atom. The Hall–Kier alpha value is -4.16. The van der Waals surface area contributed by atoms with E-state index in [-0.39, 0.29) is 18.2 Å². The van der Waals surface area contributed by atoms with Crippen LogP contribution in [0.3, 0.4) is 0 Å². The van der Waals surface area contributed by atoms with Crippen molar-refractivity contribution in [2.24, 2.45) is 0 Å². The van der Waals surface area contributed by atoms with Gasteiger partial charge in [-0.3, -0.25) is 14.4 Å². The van der Waals surface area contributed by atoms with E-state index in [9.17, 15) is 19.6 Å². The molecule has 1 heterocycles. The summed E-state index contributed by atoms with van der Waals surface area (Å²) in [5, 5.41) is 24.8. The predicted octanol–water partition coefficient (Wildman–Crippen LogP) is 3.50. The number of hydrogen-bond donors (Lipinski definition) is 3. The predicted molar refractivity (Wildman–Crippen MR) is 131 cm³/mol. The molecule has 0 radical (unpaired) electrons.